The van der Waals surface area contributed by atoms with E-state index in [1.165, 1.54) is 21.2 Å². The van der Waals surface area contributed by atoms with Crippen molar-refractivity contribution in [1.29, 1.82) is 0 Å². The number of fused-ring (bicyclic) bond motifs is 1. The first kappa shape index (κ1) is 11.7. The molecule has 19 heavy (non-hydrogen) atoms. The van der Waals surface area contributed by atoms with E-state index in [-0.39, 0.29) is 0 Å². The smallest absolute Gasteiger partial charge is 0.0701 e. The highest BCUT2D eigenvalue weighted by molar-refractivity contribution is 5.80. The van der Waals surface area contributed by atoms with E-state index in [4.69, 9.17) is 0 Å². The van der Waals surface area contributed by atoms with Crippen molar-refractivity contribution >= 4 is 23.8 Å². The van der Waals surface area contributed by atoms with Crippen LogP contribution in [0.15, 0.2) is 55.3 Å². The summed E-state index contributed by atoms with van der Waals surface area (Å²) >= 11 is 0. The number of aromatic nitrogens is 1. The van der Waals surface area contributed by atoms with E-state index >= 15 is 0 Å². The molecule has 0 amide bonds. The van der Waals surface area contributed by atoms with Gasteiger partial charge in [-0.3, -0.25) is 4.98 Å². The van der Waals surface area contributed by atoms with Gasteiger partial charge in [0.05, 0.1) is 5.35 Å². The van der Waals surface area contributed by atoms with Gasteiger partial charge in [0.2, 0.25) is 0 Å². The molecule has 0 bridgehead atoms. The van der Waals surface area contributed by atoms with Crippen LogP contribution in [0.25, 0.3) is 23.8 Å². The first-order valence-electron chi connectivity index (χ1n) is 6.42. The van der Waals surface area contributed by atoms with Crippen molar-refractivity contribution in [1.82, 2.24) is 4.98 Å². The van der Waals surface area contributed by atoms with Gasteiger partial charge in [0.25, 0.3) is 0 Å². The minimum absolute atomic E-state index is 0.945. The molecule has 0 saturated carbocycles. The first-order chi connectivity index (χ1) is 9.38. The standard InChI is InChI=1S/C18H15N/c1-2-6-14-7-3-4-9-17(14)16-11-10-15-8-5-12-19-18(15)13-16/h2-10,12-13H,1,11H2/b14-6-,17-16+. The third-order valence-electron chi connectivity index (χ3n) is 3.33. The van der Waals surface area contributed by atoms with Gasteiger partial charge < -0.3 is 0 Å². The van der Waals surface area contributed by atoms with Crippen molar-refractivity contribution < 1.29 is 0 Å². The van der Waals surface area contributed by atoms with E-state index in [0.29, 0.717) is 0 Å². The molecule has 0 fully saturated rings. The summed E-state index contributed by atoms with van der Waals surface area (Å²) < 4.78 is 0. The maximum absolute atomic E-state index is 4.43. The molecule has 92 valence electrons. The van der Waals surface area contributed by atoms with Crippen molar-refractivity contribution in [3.8, 4) is 0 Å². The average Bonchev–Trinajstić information content (AvgIpc) is 2.48. The Labute approximate surface area is 112 Å². The fraction of sp³-hybridized carbons (Fsp3) is 0.0556. The van der Waals surface area contributed by atoms with Crippen LogP contribution in [0.4, 0.5) is 0 Å². The fourth-order valence-corrected chi connectivity index (χ4v) is 2.42. The normalized spacial score (nSPS) is 17.2. The highest BCUT2D eigenvalue weighted by Gasteiger charge is 2.00. The van der Waals surface area contributed by atoms with Gasteiger partial charge in [-0.15, -0.1) is 0 Å². The monoisotopic (exact) mass is 245 g/mol. The lowest BCUT2D eigenvalue weighted by Crippen LogP contribution is -2.33. The summed E-state index contributed by atoms with van der Waals surface area (Å²) in [4.78, 5) is 4.43. The molecule has 0 aliphatic heterocycles. The fourth-order valence-electron chi connectivity index (χ4n) is 2.42. The van der Waals surface area contributed by atoms with Crippen molar-refractivity contribution in [2.24, 2.45) is 0 Å². The maximum Gasteiger partial charge on any atom is 0.0701 e. The van der Waals surface area contributed by atoms with E-state index in [1.807, 2.05) is 24.4 Å². The summed E-state index contributed by atoms with van der Waals surface area (Å²) in [7, 11) is 0. The Morgan fingerprint density at radius 2 is 2.00 bits per heavy atom. The second kappa shape index (κ2) is 5.07. The highest BCUT2D eigenvalue weighted by atomic mass is 14.6. The Morgan fingerprint density at radius 1 is 1.11 bits per heavy atom. The molecule has 1 nitrogen and oxygen atoms in total. The van der Waals surface area contributed by atoms with Crippen LogP contribution >= 0.6 is 0 Å². The van der Waals surface area contributed by atoms with Gasteiger partial charge in [-0.25, -0.2) is 0 Å². The molecule has 3 rings (SSSR count). The van der Waals surface area contributed by atoms with Crippen LogP contribution in [0.5, 0.6) is 0 Å². The Hall–Kier alpha value is -2.41. The quantitative estimate of drug-likeness (QED) is 0.726. The minimum atomic E-state index is 0.945. The summed E-state index contributed by atoms with van der Waals surface area (Å²) in [6.45, 7) is 3.78. The lowest BCUT2D eigenvalue weighted by molar-refractivity contribution is 1.20. The number of allylic oxidation sites excluding steroid dienone is 1. The molecule has 2 aromatic rings. The largest absolute Gasteiger partial charge is 0.256 e. The van der Waals surface area contributed by atoms with Crippen LogP contribution in [0.3, 0.4) is 0 Å². The molecule has 0 unspecified atom stereocenters. The second-order valence-electron chi connectivity index (χ2n) is 4.55. The summed E-state index contributed by atoms with van der Waals surface area (Å²) in [5.74, 6) is 0. The van der Waals surface area contributed by atoms with E-state index < -0.39 is 0 Å². The predicted octanol–water partition coefficient (Wildman–Crippen LogP) is 0.864. The third-order valence-corrected chi connectivity index (χ3v) is 3.33. The van der Waals surface area contributed by atoms with Crippen LogP contribution in [0.2, 0.25) is 0 Å². The van der Waals surface area contributed by atoms with E-state index in [2.05, 4.69) is 54.0 Å². The van der Waals surface area contributed by atoms with Crippen molar-refractivity contribution in [2.45, 2.75) is 6.42 Å². The molecule has 1 aliphatic carbocycles. The Bertz CT molecular complexity index is 857. The number of pyridine rings is 1. The molecule has 0 radical (unpaired) electrons. The van der Waals surface area contributed by atoms with E-state index in [9.17, 15) is 0 Å². The van der Waals surface area contributed by atoms with E-state index in [0.717, 1.165) is 11.8 Å². The van der Waals surface area contributed by atoms with E-state index in [1.54, 1.807) is 0 Å². The summed E-state index contributed by atoms with van der Waals surface area (Å²) in [5, 5.41) is 4.74. The van der Waals surface area contributed by atoms with Gasteiger partial charge in [-0.2, -0.15) is 0 Å². The molecule has 0 spiro atoms. The van der Waals surface area contributed by atoms with Gasteiger partial charge in [-0.05, 0) is 39.8 Å². The molecule has 0 N–H and O–H groups in total. The minimum Gasteiger partial charge on any atom is -0.256 e. The Balaban J connectivity index is 2.36. The molecule has 1 heteroatoms. The van der Waals surface area contributed by atoms with Gasteiger partial charge >= 0.3 is 0 Å². The third kappa shape index (κ3) is 2.27. The number of nitrogens with zero attached hydrogens (tertiary/aromatic N) is 1. The molecule has 0 atom stereocenters. The molecular weight excluding hydrogens is 230 g/mol. The van der Waals surface area contributed by atoms with Gasteiger partial charge in [0.1, 0.15) is 0 Å². The molecule has 1 aromatic heterocycles. The summed E-state index contributed by atoms with van der Waals surface area (Å²) in [6.07, 6.45) is 11.1. The maximum atomic E-state index is 4.43. The Kier molecular flexibility index (Phi) is 3.11. The molecule has 1 heterocycles. The SMILES string of the molecule is C=C/C=c1/cccc/c1=C1\C=c2ncccc2=CC1. The molecule has 1 aliphatic rings. The second-order valence-corrected chi connectivity index (χ2v) is 4.55. The number of benzene rings is 1. The summed E-state index contributed by atoms with van der Waals surface area (Å²) in [6, 6.07) is 12.5. The van der Waals surface area contributed by atoms with Crippen molar-refractivity contribution in [3.05, 3.63) is 76.3 Å². The van der Waals surface area contributed by atoms with Gasteiger partial charge in [0.15, 0.2) is 0 Å². The zero-order chi connectivity index (χ0) is 13.1. The van der Waals surface area contributed by atoms with Crippen LogP contribution < -0.4 is 21.0 Å². The number of rotatable bonds is 1. The molecule has 0 saturated heterocycles. The van der Waals surface area contributed by atoms with Gasteiger partial charge in [0, 0.05) is 6.20 Å². The first-order valence-corrected chi connectivity index (χ1v) is 6.42. The molecular formula is C18H15N. The van der Waals surface area contributed by atoms with Crippen molar-refractivity contribution in [2.75, 3.05) is 0 Å². The van der Waals surface area contributed by atoms with Crippen LogP contribution in [-0.2, 0) is 0 Å². The predicted molar refractivity (Wildman–Crippen MR) is 80.8 cm³/mol. The highest BCUT2D eigenvalue weighted by Crippen LogP contribution is 2.04. The van der Waals surface area contributed by atoms with Gasteiger partial charge in [-0.1, -0.05) is 55.1 Å². The number of hydrogen-bond acceptors (Lipinski definition) is 1. The molecule has 1 aromatic carbocycles. The zero-order valence-corrected chi connectivity index (χ0v) is 10.7. The Morgan fingerprint density at radius 3 is 2.89 bits per heavy atom. The van der Waals surface area contributed by atoms with Crippen molar-refractivity contribution in [3.63, 3.8) is 0 Å². The topological polar surface area (TPSA) is 12.9 Å². The summed E-state index contributed by atoms with van der Waals surface area (Å²) in [5.41, 5.74) is 1.31. The number of hydrogen-bond donors (Lipinski definition) is 0. The van der Waals surface area contributed by atoms with Crippen LogP contribution in [0, 0.1) is 0 Å². The average molecular weight is 245 g/mol. The lowest BCUT2D eigenvalue weighted by atomic mass is 10.0. The van der Waals surface area contributed by atoms with Crippen LogP contribution in [0.1, 0.15) is 6.42 Å². The zero-order valence-electron chi connectivity index (χ0n) is 10.7. The van der Waals surface area contributed by atoms with Crippen LogP contribution in [-0.4, -0.2) is 4.98 Å². The lowest BCUT2D eigenvalue weighted by Gasteiger charge is -2.04.